The Labute approximate surface area is 196 Å². The minimum Gasteiger partial charge on any atom is -1.00 e. The zero-order valence-corrected chi connectivity index (χ0v) is 20.7. The quantitative estimate of drug-likeness (QED) is 0.468. The molecule has 5 nitrogen and oxygen atoms in total. The van der Waals surface area contributed by atoms with Crippen LogP contribution in [0.4, 0.5) is 5.95 Å². The third-order valence-corrected chi connectivity index (χ3v) is 6.17. The summed E-state index contributed by atoms with van der Waals surface area (Å²) >= 11 is 0. The highest BCUT2D eigenvalue weighted by Crippen LogP contribution is 2.40. The summed E-state index contributed by atoms with van der Waals surface area (Å²) in [4.78, 5) is 13.6. The molecule has 0 radical (unpaired) electrons. The third kappa shape index (κ3) is 4.23. The van der Waals surface area contributed by atoms with Gasteiger partial charge in [-0.25, -0.2) is 9.13 Å². The number of fused-ring (bicyclic) bond motifs is 3. The number of para-hydroxylation sites is 2. The number of nitrogens with one attached hydrogen (secondary N) is 1. The first kappa shape index (κ1) is 24.1. The molecule has 2 aromatic carbocycles. The van der Waals surface area contributed by atoms with E-state index in [1.54, 1.807) is 0 Å². The molecule has 0 bridgehead atoms. The van der Waals surface area contributed by atoms with Crippen LogP contribution in [0.15, 0.2) is 36.4 Å². The molecule has 2 N–H and O–H groups in total. The second-order valence-corrected chi connectivity index (χ2v) is 10.7. The van der Waals surface area contributed by atoms with Crippen molar-refractivity contribution in [3.63, 3.8) is 0 Å². The number of hydrogen-bond acceptors (Lipinski definition) is 3. The molecule has 6 heteroatoms. The molecule has 0 atom stereocenters. The molecular weight excluding hydrogens is 422 g/mol. The molecule has 172 valence electrons. The molecule has 0 fully saturated rings. The molecule has 0 saturated heterocycles. The minimum atomic E-state index is -0.267. The molecule has 0 spiro atoms. The second kappa shape index (κ2) is 8.43. The maximum Gasteiger partial charge on any atom is 0.358 e. The first-order chi connectivity index (χ1) is 14.5. The zero-order valence-electron chi connectivity index (χ0n) is 19.9. The fourth-order valence-corrected chi connectivity index (χ4v) is 4.48. The van der Waals surface area contributed by atoms with Crippen molar-refractivity contribution in [3.8, 4) is 5.75 Å². The first-order valence-electron chi connectivity index (χ1n) is 11.1. The Morgan fingerprint density at radius 3 is 2.25 bits per heavy atom. The van der Waals surface area contributed by atoms with Gasteiger partial charge in [-0.05, 0) is 35.1 Å². The van der Waals surface area contributed by atoms with Gasteiger partial charge in [-0.15, -0.1) is 0 Å². The number of benzene rings is 2. The van der Waals surface area contributed by atoms with Crippen LogP contribution in [0.25, 0.3) is 11.0 Å². The van der Waals surface area contributed by atoms with Crippen molar-refractivity contribution in [2.24, 2.45) is 0 Å². The highest BCUT2D eigenvalue weighted by Gasteiger charge is 2.30. The highest BCUT2D eigenvalue weighted by molar-refractivity contribution is 5.97. The molecule has 0 saturated carbocycles. The lowest BCUT2D eigenvalue weighted by atomic mass is 9.78. The fourth-order valence-electron chi connectivity index (χ4n) is 4.48. The van der Waals surface area contributed by atoms with Crippen molar-refractivity contribution in [2.45, 2.75) is 71.9 Å². The molecule has 1 aromatic heterocycles. The van der Waals surface area contributed by atoms with Gasteiger partial charge in [-0.3, -0.25) is 10.1 Å². The molecule has 32 heavy (non-hydrogen) atoms. The van der Waals surface area contributed by atoms with Gasteiger partial charge in [-0.2, -0.15) is 0 Å². The van der Waals surface area contributed by atoms with Crippen molar-refractivity contribution in [1.82, 2.24) is 4.57 Å². The molecular formula is C26H34ClN3O2. The van der Waals surface area contributed by atoms with E-state index in [0.29, 0.717) is 11.3 Å². The summed E-state index contributed by atoms with van der Waals surface area (Å²) in [5, 5.41) is 14.5. The van der Waals surface area contributed by atoms with Crippen molar-refractivity contribution >= 4 is 22.8 Å². The van der Waals surface area contributed by atoms with E-state index in [-0.39, 0.29) is 35.6 Å². The SMILES string of the molecule is CC(C)(C)c1cc(C(=O)Cn2c3[n+](c4ccccc42)CCCN3)cc(C(C)(C)C)c1O.[Cl-]. The van der Waals surface area contributed by atoms with Crippen LogP contribution in [-0.2, 0) is 23.9 Å². The summed E-state index contributed by atoms with van der Waals surface area (Å²) in [6.07, 6.45) is 1.07. The monoisotopic (exact) mass is 455 g/mol. The van der Waals surface area contributed by atoms with E-state index in [0.717, 1.165) is 47.6 Å². The number of carbonyl (C=O) groups excluding carboxylic acids is 1. The van der Waals surface area contributed by atoms with Crippen LogP contribution in [0, 0.1) is 0 Å². The fraction of sp³-hybridized carbons (Fsp3) is 0.462. The number of imidazole rings is 1. The Morgan fingerprint density at radius 1 is 1.06 bits per heavy atom. The van der Waals surface area contributed by atoms with E-state index in [2.05, 4.69) is 68.1 Å². The Hall–Kier alpha value is -2.53. The molecule has 1 aliphatic rings. The van der Waals surface area contributed by atoms with Gasteiger partial charge in [0.25, 0.3) is 0 Å². The van der Waals surface area contributed by atoms with Crippen LogP contribution in [0.3, 0.4) is 0 Å². The van der Waals surface area contributed by atoms with Crippen LogP contribution in [0.1, 0.15) is 69.4 Å². The Morgan fingerprint density at radius 2 is 1.66 bits per heavy atom. The number of aryl methyl sites for hydroxylation is 1. The van der Waals surface area contributed by atoms with E-state index in [9.17, 15) is 9.90 Å². The molecule has 4 rings (SSSR count). The van der Waals surface area contributed by atoms with Gasteiger partial charge in [0.05, 0.1) is 13.1 Å². The Bertz CT molecular complexity index is 1130. The number of hydrogen-bond donors (Lipinski definition) is 2. The first-order valence-corrected chi connectivity index (χ1v) is 11.1. The van der Waals surface area contributed by atoms with Gasteiger partial charge in [0.1, 0.15) is 23.3 Å². The number of phenolic OH excluding ortho intramolecular Hbond substituents is 1. The smallest absolute Gasteiger partial charge is 0.358 e. The standard InChI is InChI=1S/C26H33N3O2.ClH/c1-25(2,3)18-14-17(15-19(23(18)31)26(4,5)6)22(30)16-29-21-11-8-7-10-20(21)28-13-9-12-27-24(28)29;/h7-8,10-11,14-15H,9,12-13,16H2,1-6H3,(H,30,31);1H. The lowest BCUT2D eigenvalue weighted by Gasteiger charge is -2.28. The largest absolute Gasteiger partial charge is 1.00 e. The van der Waals surface area contributed by atoms with Crippen LogP contribution in [-0.4, -0.2) is 22.0 Å². The summed E-state index contributed by atoms with van der Waals surface area (Å²) in [6.45, 7) is 14.5. The lowest BCUT2D eigenvalue weighted by molar-refractivity contribution is -0.661. The number of Topliss-reactive ketones (excluding diaryl/α,β-unsaturated/α-hetero) is 1. The van der Waals surface area contributed by atoms with Gasteiger partial charge >= 0.3 is 5.95 Å². The number of halogens is 1. The van der Waals surface area contributed by atoms with Crippen LogP contribution < -0.4 is 22.3 Å². The number of phenols is 1. The summed E-state index contributed by atoms with van der Waals surface area (Å²) in [6, 6.07) is 12.0. The Kier molecular flexibility index (Phi) is 6.36. The summed E-state index contributed by atoms with van der Waals surface area (Å²) in [7, 11) is 0. The van der Waals surface area contributed by atoms with Crippen molar-refractivity contribution in [2.75, 3.05) is 11.9 Å². The number of nitrogens with zero attached hydrogens (tertiary/aromatic N) is 2. The van der Waals surface area contributed by atoms with Crippen LogP contribution in [0.2, 0.25) is 0 Å². The lowest BCUT2D eigenvalue weighted by Crippen LogP contribution is -3.00. The number of anilines is 1. The predicted octanol–water partition coefficient (Wildman–Crippen LogP) is 1.93. The summed E-state index contributed by atoms with van der Waals surface area (Å²) in [5.41, 5.74) is 3.96. The maximum absolute atomic E-state index is 13.6. The van der Waals surface area contributed by atoms with E-state index in [1.807, 2.05) is 24.3 Å². The highest BCUT2D eigenvalue weighted by atomic mass is 35.5. The van der Waals surface area contributed by atoms with E-state index < -0.39 is 0 Å². The average Bonchev–Trinajstić information content (AvgIpc) is 3.00. The van der Waals surface area contributed by atoms with Gasteiger partial charge in [0.15, 0.2) is 5.78 Å². The predicted molar refractivity (Wildman–Crippen MR) is 125 cm³/mol. The summed E-state index contributed by atoms with van der Waals surface area (Å²) < 4.78 is 4.36. The van der Waals surface area contributed by atoms with Gasteiger partial charge in [0, 0.05) is 23.1 Å². The molecule has 1 aliphatic heterocycles. The van der Waals surface area contributed by atoms with E-state index >= 15 is 0 Å². The molecule has 0 unspecified atom stereocenters. The van der Waals surface area contributed by atoms with Crippen LogP contribution >= 0.6 is 0 Å². The molecule has 0 amide bonds. The van der Waals surface area contributed by atoms with Crippen molar-refractivity contribution < 1.29 is 26.9 Å². The number of rotatable bonds is 3. The third-order valence-electron chi connectivity index (χ3n) is 6.17. The number of aromatic nitrogens is 2. The van der Waals surface area contributed by atoms with Gasteiger partial charge < -0.3 is 17.5 Å². The molecule has 2 heterocycles. The second-order valence-electron chi connectivity index (χ2n) is 10.7. The number of aromatic hydroxyl groups is 1. The molecule has 0 aliphatic carbocycles. The van der Waals surface area contributed by atoms with Crippen molar-refractivity contribution in [3.05, 3.63) is 53.1 Å². The van der Waals surface area contributed by atoms with Crippen LogP contribution in [0.5, 0.6) is 5.75 Å². The normalized spacial score (nSPS) is 13.9. The minimum absolute atomic E-state index is 0. The van der Waals surface area contributed by atoms with E-state index in [1.165, 1.54) is 0 Å². The van der Waals surface area contributed by atoms with Crippen molar-refractivity contribution in [1.29, 1.82) is 0 Å². The maximum atomic E-state index is 13.6. The van der Waals surface area contributed by atoms with E-state index in [4.69, 9.17) is 0 Å². The van der Waals surface area contributed by atoms with Gasteiger partial charge in [-0.1, -0.05) is 53.7 Å². The summed E-state index contributed by atoms with van der Waals surface area (Å²) in [5.74, 6) is 1.34. The number of carbonyl (C=O) groups is 1. The van der Waals surface area contributed by atoms with Gasteiger partial charge in [0.2, 0.25) is 0 Å². The topological polar surface area (TPSA) is 58.1 Å². The zero-order chi connectivity index (χ0) is 22.6. The number of ketones is 1. The Balaban J connectivity index is 0.00000289. The molecule has 3 aromatic rings. The average molecular weight is 456 g/mol.